The Hall–Kier alpha value is -1.17. The fourth-order valence-corrected chi connectivity index (χ4v) is 3.02. The summed E-state index contributed by atoms with van der Waals surface area (Å²) in [5.41, 5.74) is 2.77. The van der Waals surface area contributed by atoms with Crippen molar-refractivity contribution in [2.24, 2.45) is 5.84 Å². The van der Waals surface area contributed by atoms with Gasteiger partial charge in [-0.25, -0.2) is 9.82 Å². The molecular weight excluding hydrogens is 247 g/mol. The molecule has 0 bridgehead atoms. The van der Waals surface area contributed by atoms with Crippen molar-refractivity contribution in [2.45, 2.75) is 37.3 Å². The van der Waals surface area contributed by atoms with Gasteiger partial charge in [0.15, 0.2) is 11.6 Å². The number of rotatable bonds is 5. The van der Waals surface area contributed by atoms with E-state index in [0.29, 0.717) is 5.56 Å². The molecular formula is C14H21FN2O2. The van der Waals surface area contributed by atoms with Crippen molar-refractivity contribution in [2.75, 3.05) is 14.2 Å². The van der Waals surface area contributed by atoms with Crippen LogP contribution in [0.4, 0.5) is 4.39 Å². The lowest BCUT2D eigenvalue weighted by atomic mass is 9.86. The number of nitrogens with two attached hydrogens (primary N) is 1. The fourth-order valence-electron chi connectivity index (χ4n) is 3.02. The Morgan fingerprint density at radius 1 is 1.32 bits per heavy atom. The topological polar surface area (TPSA) is 56.5 Å². The highest BCUT2D eigenvalue weighted by molar-refractivity contribution is 5.34. The summed E-state index contributed by atoms with van der Waals surface area (Å²) in [5.74, 6) is 5.51. The first-order chi connectivity index (χ1) is 9.18. The van der Waals surface area contributed by atoms with Gasteiger partial charge in [0.25, 0.3) is 0 Å². The van der Waals surface area contributed by atoms with Gasteiger partial charge < -0.3 is 9.47 Å². The van der Waals surface area contributed by atoms with Gasteiger partial charge in [-0.15, -0.1) is 0 Å². The van der Waals surface area contributed by atoms with Crippen molar-refractivity contribution in [3.8, 4) is 5.75 Å². The lowest BCUT2D eigenvalue weighted by molar-refractivity contribution is -0.0378. The summed E-state index contributed by atoms with van der Waals surface area (Å²) in [6.07, 6.45) is 3.87. The minimum absolute atomic E-state index is 0.224. The summed E-state index contributed by atoms with van der Waals surface area (Å²) in [6.45, 7) is 0. The average molecular weight is 268 g/mol. The molecule has 0 saturated heterocycles. The maximum Gasteiger partial charge on any atom is 0.169 e. The normalized spacial score (nSPS) is 19.4. The number of methoxy groups -OCH3 is 2. The summed E-state index contributed by atoms with van der Waals surface area (Å²) in [6, 6.07) is 4.71. The molecule has 19 heavy (non-hydrogen) atoms. The van der Waals surface area contributed by atoms with Gasteiger partial charge in [-0.1, -0.05) is 25.0 Å². The van der Waals surface area contributed by atoms with E-state index < -0.39 is 5.60 Å². The summed E-state index contributed by atoms with van der Waals surface area (Å²) < 4.78 is 25.1. The third kappa shape index (κ3) is 2.45. The van der Waals surface area contributed by atoms with E-state index >= 15 is 0 Å². The van der Waals surface area contributed by atoms with E-state index in [0.717, 1.165) is 25.7 Å². The van der Waals surface area contributed by atoms with Crippen LogP contribution < -0.4 is 16.0 Å². The Morgan fingerprint density at radius 2 is 2.00 bits per heavy atom. The Bertz CT molecular complexity index is 433. The van der Waals surface area contributed by atoms with E-state index in [1.807, 2.05) is 0 Å². The molecule has 4 nitrogen and oxygen atoms in total. The van der Waals surface area contributed by atoms with Gasteiger partial charge in [-0.05, 0) is 18.9 Å². The number of nitrogens with one attached hydrogen (secondary N) is 1. The van der Waals surface area contributed by atoms with E-state index in [2.05, 4.69) is 5.43 Å². The molecule has 2 rings (SSSR count). The van der Waals surface area contributed by atoms with E-state index in [9.17, 15) is 4.39 Å². The van der Waals surface area contributed by atoms with E-state index in [1.165, 1.54) is 7.11 Å². The van der Waals surface area contributed by atoms with Crippen LogP contribution in [-0.2, 0) is 4.74 Å². The van der Waals surface area contributed by atoms with E-state index in [-0.39, 0.29) is 17.6 Å². The summed E-state index contributed by atoms with van der Waals surface area (Å²) in [4.78, 5) is 0. The molecule has 0 aromatic heterocycles. The number of hydrazine groups is 1. The molecule has 1 aliphatic carbocycles. The highest BCUT2D eigenvalue weighted by atomic mass is 19.1. The number of hydrogen-bond donors (Lipinski definition) is 2. The summed E-state index contributed by atoms with van der Waals surface area (Å²) in [5, 5.41) is 0. The second kappa shape index (κ2) is 5.86. The second-order valence-corrected chi connectivity index (χ2v) is 4.94. The molecule has 1 saturated carbocycles. The smallest absolute Gasteiger partial charge is 0.169 e. The molecule has 0 radical (unpaired) electrons. The Balaban J connectivity index is 2.42. The van der Waals surface area contributed by atoms with Crippen LogP contribution >= 0.6 is 0 Å². The SMILES string of the molecule is COc1cccc(C(NN)C2(OC)CCCC2)c1F. The Kier molecular flexibility index (Phi) is 4.39. The molecule has 1 fully saturated rings. The standard InChI is InChI=1S/C14H21FN2O2/c1-18-11-7-5-6-10(12(11)15)13(17-16)14(19-2)8-3-4-9-14/h5-7,13,17H,3-4,8-9,16H2,1-2H3. The highest BCUT2D eigenvalue weighted by Gasteiger charge is 2.43. The first-order valence-electron chi connectivity index (χ1n) is 6.52. The molecule has 1 atom stereocenters. The molecule has 1 aliphatic rings. The third-order valence-corrected chi connectivity index (χ3v) is 4.07. The summed E-state index contributed by atoms with van der Waals surface area (Å²) >= 11 is 0. The van der Waals surface area contributed by atoms with Crippen LogP contribution in [0.1, 0.15) is 37.3 Å². The highest BCUT2D eigenvalue weighted by Crippen LogP contribution is 2.43. The number of benzene rings is 1. The van der Waals surface area contributed by atoms with Crippen LogP contribution in [0.2, 0.25) is 0 Å². The Labute approximate surface area is 113 Å². The van der Waals surface area contributed by atoms with Crippen molar-refractivity contribution in [1.82, 2.24) is 5.43 Å². The first-order valence-corrected chi connectivity index (χ1v) is 6.52. The second-order valence-electron chi connectivity index (χ2n) is 4.94. The maximum atomic E-state index is 14.4. The number of hydrogen-bond acceptors (Lipinski definition) is 4. The van der Waals surface area contributed by atoms with Crippen molar-refractivity contribution in [3.05, 3.63) is 29.6 Å². The molecule has 0 spiro atoms. The first kappa shape index (κ1) is 14.2. The predicted octanol–water partition coefficient (Wildman–Crippen LogP) is 2.30. The van der Waals surface area contributed by atoms with Gasteiger partial charge in [-0.3, -0.25) is 5.84 Å². The van der Waals surface area contributed by atoms with Crippen molar-refractivity contribution < 1.29 is 13.9 Å². The molecule has 3 N–H and O–H groups in total. The van der Waals surface area contributed by atoms with Crippen LogP contribution in [0.5, 0.6) is 5.75 Å². The number of ether oxygens (including phenoxy) is 2. The van der Waals surface area contributed by atoms with E-state index in [4.69, 9.17) is 15.3 Å². The third-order valence-electron chi connectivity index (χ3n) is 4.07. The van der Waals surface area contributed by atoms with Crippen LogP contribution in [0, 0.1) is 5.82 Å². The predicted molar refractivity (Wildman–Crippen MR) is 71.2 cm³/mol. The maximum absolute atomic E-state index is 14.4. The molecule has 1 aromatic carbocycles. The van der Waals surface area contributed by atoms with Crippen molar-refractivity contribution in [3.63, 3.8) is 0 Å². The van der Waals surface area contributed by atoms with E-state index in [1.54, 1.807) is 25.3 Å². The zero-order chi connectivity index (χ0) is 13.9. The molecule has 0 amide bonds. The Morgan fingerprint density at radius 3 is 2.53 bits per heavy atom. The molecule has 1 aromatic rings. The molecule has 5 heteroatoms. The minimum atomic E-state index is -0.443. The quantitative estimate of drug-likeness (QED) is 0.635. The lowest BCUT2D eigenvalue weighted by Crippen LogP contribution is -2.46. The van der Waals surface area contributed by atoms with Gasteiger partial charge >= 0.3 is 0 Å². The largest absolute Gasteiger partial charge is 0.494 e. The van der Waals surface area contributed by atoms with Crippen LogP contribution in [0.15, 0.2) is 18.2 Å². The molecule has 0 aliphatic heterocycles. The summed E-state index contributed by atoms with van der Waals surface area (Å²) in [7, 11) is 3.11. The fraction of sp³-hybridized carbons (Fsp3) is 0.571. The van der Waals surface area contributed by atoms with Gasteiger partial charge in [-0.2, -0.15) is 0 Å². The number of halogens is 1. The molecule has 0 heterocycles. The van der Waals surface area contributed by atoms with Gasteiger partial charge in [0.05, 0.1) is 18.8 Å². The minimum Gasteiger partial charge on any atom is -0.494 e. The van der Waals surface area contributed by atoms with Crippen LogP contribution in [0.25, 0.3) is 0 Å². The van der Waals surface area contributed by atoms with Gasteiger partial charge in [0, 0.05) is 12.7 Å². The van der Waals surface area contributed by atoms with Gasteiger partial charge in [0.2, 0.25) is 0 Å². The zero-order valence-electron chi connectivity index (χ0n) is 11.4. The molecule has 106 valence electrons. The van der Waals surface area contributed by atoms with Crippen molar-refractivity contribution in [1.29, 1.82) is 0 Å². The molecule has 1 unspecified atom stereocenters. The lowest BCUT2D eigenvalue weighted by Gasteiger charge is -2.36. The average Bonchev–Trinajstić information content (AvgIpc) is 2.91. The van der Waals surface area contributed by atoms with Crippen LogP contribution in [-0.4, -0.2) is 19.8 Å². The monoisotopic (exact) mass is 268 g/mol. The zero-order valence-corrected chi connectivity index (χ0v) is 11.4. The van der Waals surface area contributed by atoms with Crippen molar-refractivity contribution >= 4 is 0 Å². The van der Waals surface area contributed by atoms with Gasteiger partial charge in [0.1, 0.15) is 0 Å². The van der Waals surface area contributed by atoms with Crippen LogP contribution in [0.3, 0.4) is 0 Å².